The lowest BCUT2D eigenvalue weighted by Crippen LogP contribution is -2.29. The van der Waals surface area contributed by atoms with E-state index in [1.54, 1.807) is 6.26 Å². The summed E-state index contributed by atoms with van der Waals surface area (Å²) in [6, 6.07) is 16.9. The number of hydrogen-bond donors (Lipinski definition) is 1. The molecule has 2 amide bonds. The van der Waals surface area contributed by atoms with Crippen LogP contribution in [0.25, 0.3) is 11.3 Å². The summed E-state index contributed by atoms with van der Waals surface area (Å²) in [7, 11) is 0. The number of carbonyl (C=O) groups excluding carboxylic acids is 2. The molecule has 1 aliphatic rings. The van der Waals surface area contributed by atoms with E-state index < -0.39 is 6.09 Å². The summed E-state index contributed by atoms with van der Waals surface area (Å²) < 4.78 is 16.3. The molecule has 4 rings (SSSR count). The minimum absolute atomic E-state index is 0.0576. The first-order valence-electron chi connectivity index (χ1n) is 11.1. The van der Waals surface area contributed by atoms with Gasteiger partial charge in [-0.3, -0.25) is 4.79 Å². The summed E-state index contributed by atoms with van der Waals surface area (Å²) in [5, 5.41) is 2.66. The van der Waals surface area contributed by atoms with Crippen LogP contribution in [0.1, 0.15) is 24.3 Å². The second-order valence-corrected chi connectivity index (χ2v) is 7.75. The number of amides is 2. The summed E-state index contributed by atoms with van der Waals surface area (Å²) in [6.07, 6.45) is 3.38. The fourth-order valence-electron chi connectivity index (χ4n) is 3.55. The number of hydrogen-bond acceptors (Lipinski definition) is 6. The van der Waals surface area contributed by atoms with Crippen LogP contribution in [0.5, 0.6) is 5.75 Å². The third-order valence-corrected chi connectivity index (χ3v) is 5.32. The number of oxazole rings is 1. The molecule has 8 nitrogen and oxygen atoms in total. The Kier molecular flexibility index (Phi) is 7.58. The maximum Gasteiger partial charge on any atom is 0.407 e. The van der Waals surface area contributed by atoms with E-state index in [0.717, 1.165) is 37.1 Å². The standard InChI is InChI=1S/C25H27N3O5/c29-24(28-13-4-5-14-28)16-23-27-22(18-32-23)20-8-10-21(11-9-20)31-15-12-26-25(30)33-17-19-6-2-1-3-7-19/h1-3,6-11,18H,4-5,12-17H2,(H,26,30). The van der Waals surface area contributed by atoms with Gasteiger partial charge < -0.3 is 24.1 Å². The molecule has 33 heavy (non-hydrogen) atoms. The average Bonchev–Trinajstić information content (AvgIpc) is 3.54. The summed E-state index contributed by atoms with van der Waals surface area (Å²) in [5.74, 6) is 1.15. The first kappa shape index (κ1) is 22.4. The van der Waals surface area contributed by atoms with Crippen molar-refractivity contribution in [2.24, 2.45) is 0 Å². The molecule has 1 N–H and O–H groups in total. The Morgan fingerprint density at radius 3 is 2.55 bits per heavy atom. The number of nitrogens with zero attached hydrogens (tertiary/aromatic N) is 2. The van der Waals surface area contributed by atoms with Gasteiger partial charge in [-0.05, 0) is 42.7 Å². The number of nitrogens with one attached hydrogen (secondary N) is 1. The van der Waals surface area contributed by atoms with E-state index in [1.807, 2.05) is 59.5 Å². The topological polar surface area (TPSA) is 93.9 Å². The largest absolute Gasteiger partial charge is 0.492 e. The highest BCUT2D eigenvalue weighted by Gasteiger charge is 2.20. The fourth-order valence-corrected chi connectivity index (χ4v) is 3.55. The number of ether oxygens (including phenoxy) is 2. The van der Waals surface area contributed by atoms with E-state index in [9.17, 15) is 9.59 Å². The number of benzene rings is 2. The van der Waals surface area contributed by atoms with Crippen molar-refractivity contribution in [2.45, 2.75) is 25.9 Å². The Bertz CT molecular complexity index is 1040. The number of aromatic nitrogens is 1. The van der Waals surface area contributed by atoms with E-state index in [1.165, 1.54) is 0 Å². The highest BCUT2D eigenvalue weighted by molar-refractivity contribution is 5.78. The van der Waals surface area contributed by atoms with E-state index in [2.05, 4.69) is 10.3 Å². The minimum atomic E-state index is -0.483. The Labute approximate surface area is 192 Å². The normalized spacial score (nSPS) is 13.0. The molecule has 1 saturated heterocycles. The lowest BCUT2D eigenvalue weighted by molar-refractivity contribution is -0.129. The lowest BCUT2D eigenvalue weighted by atomic mass is 10.2. The van der Waals surface area contributed by atoms with Crippen LogP contribution in [0.15, 0.2) is 65.3 Å². The van der Waals surface area contributed by atoms with Gasteiger partial charge in [0.2, 0.25) is 11.8 Å². The molecule has 3 aromatic rings. The van der Waals surface area contributed by atoms with Gasteiger partial charge in [0.15, 0.2) is 0 Å². The van der Waals surface area contributed by atoms with E-state index in [0.29, 0.717) is 30.5 Å². The molecular formula is C25H27N3O5. The summed E-state index contributed by atoms with van der Waals surface area (Å²) in [4.78, 5) is 30.3. The average molecular weight is 450 g/mol. The highest BCUT2D eigenvalue weighted by Crippen LogP contribution is 2.22. The molecule has 0 spiro atoms. The molecule has 8 heteroatoms. The van der Waals surface area contributed by atoms with Gasteiger partial charge >= 0.3 is 6.09 Å². The number of carbonyl (C=O) groups is 2. The molecule has 172 valence electrons. The van der Waals surface area contributed by atoms with Crippen molar-refractivity contribution in [1.29, 1.82) is 0 Å². The molecule has 1 fully saturated rings. The fraction of sp³-hybridized carbons (Fsp3) is 0.320. The minimum Gasteiger partial charge on any atom is -0.492 e. The van der Waals surface area contributed by atoms with E-state index >= 15 is 0 Å². The summed E-state index contributed by atoms with van der Waals surface area (Å²) in [6.45, 7) is 2.50. The van der Waals surface area contributed by atoms with Gasteiger partial charge in [-0.15, -0.1) is 0 Å². The van der Waals surface area contributed by atoms with Crippen LogP contribution in [-0.2, 0) is 22.6 Å². The molecule has 0 saturated carbocycles. The van der Waals surface area contributed by atoms with Crippen LogP contribution in [0.3, 0.4) is 0 Å². The first-order chi connectivity index (χ1) is 16.2. The Morgan fingerprint density at radius 1 is 1.03 bits per heavy atom. The predicted molar refractivity (Wildman–Crippen MR) is 122 cm³/mol. The lowest BCUT2D eigenvalue weighted by Gasteiger charge is -2.13. The van der Waals surface area contributed by atoms with Crippen molar-refractivity contribution in [3.8, 4) is 17.0 Å². The van der Waals surface area contributed by atoms with Crippen molar-refractivity contribution in [3.63, 3.8) is 0 Å². The second kappa shape index (κ2) is 11.2. The van der Waals surface area contributed by atoms with E-state index in [-0.39, 0.29) is 18.9 Å². The second-order valence-electron chi connectivity index (χ2n) is 7.75. The van der Waals surface area contributed by atoms with Crippen molar-refractivity contribution in [2.75, 3.05) is 26.2 Å². The van der Waals surface area contributed by atoms with Gasteiger partial charge in [0.05, 0.1) is 6.54 Å². The van der Waals surface area contributed by atoms with Crippen LogP contribution in [0.4, 0.5) is 4.79 Å². The third kappa shape index (κ3) is 6.58. The molecule has 1 aromatic heterocycles. The van der Waals surface area contributed by atoms with Gasteiger partial charge in [0, 0.05) is 18.7 Å². The van der Waals surface area contributed by atoms with Crippen LogP contribution in [-0.4, -0.2) is 48.1 Å². The quantitative estimate of drug-likeness (QED) is 0.499. The predicted octanol–water partition coefficient (Wildman–Crippen LogP) is 3.81. The third-order valence-electron chi connectivity index (χ3n) is 5.32. The van der Waals surface area contributed by atoms with Crippen LogP contribution in [0, 0.1) is 0 Å². The smallest absolute Gasteiger partial charge is 0.407 e. The van der Waals surface area contributed by atoms with Gasteiger partial charge in [-0.2, -0.15) is 0 Å². The zero-order chi connectivity index (χ0) is 22.9. The van der Waals surface area contributed by atoms with Gasteiger partial charge in [0.25, 0.3) is 0 Å². The van der Waals surface area contributed by atoms with Crippen molar-refractivity contribution < 1.29 is 23.5 Å². The SMILES string of the molecule is O=C(NCCOc1ccc(-c2coc(CC(=O)N3CCCC3)n2)cc1)OCc1ccccc1. The number of alkyl carbamates (subject to hydrolysis) is 1. The molecule has 0 aliphatic carbocycles. The van der Waals surface area contributed by atoms with Crippen molar-refractivity contribution in [1.82, 2.24) is 15.2 Å². The van der Waals surface area contributed by atoms with Crippen LogP contribution in [0.2, 0.25) is 0 Å². The molecule has 0 bridgehead atoms. The zero-order valence-electron chi connectivity index (χ0n) is 18.4. The molecule has 0 atom stereocenters. The molecule has 2 aromatic carbocycles. The van der Waals surface area contributed by atoms with Crippen molar-refractivity contribution >= 4 is 12.0 Å². The maximum atomic E-state index is 12.2. The number of rotatable bonds is 9. The summed E-state index contributed by atoms with van der Waals surface area (Å²) in [5.41, 5.74) is 2.48. The van der Waals surface area contributed by atoms with Gasteiger partial charge in [0.1, 0.15) is 37.3 Å². The van der Waals surface area contributed by atoms with E-state index in [4.69, 9.17) is 13.9 Å². The van der Waals surface area contributed by atoms with Gasteiger partial charge in [-0.25, -0.2) is 9.78 Å². The molecule has 0 radical (unpaired) electrons. The molecule has 1 aliphatic heterocycles. The summed E-state index contributed by atoms with van der Waals surface area (Å²) >= 11 is 0. The van der Waals surface area contributed by atoms with Crippen LogP contribution < -0.4 is 10.1 Å². The molecule has 0 unspecified atom stereocenters. The highest BCUT2D eigenvalue weighted by atomic mass is 16.5. The molecular weight excluding hydrogens is 422 g/mol. The molecule has 2 heterocycles. The Balaban J connectivity index is 1.17. The van der Waals surface area contributed by atoms with Gasteiger partial charge in [-0.1, -0.05) is 30.3 Å². The monoisotopic (exact) mass is 449 g/mol. The Hall–Kier alpha value is -3.81. The zero-order valence-corrected chi connectivity index (χ0v) is 18.4. The Morgan fingerprint density at radius 2 is 1.79 bits per heavy atom. The first-order valence-corrected chi connectivity index (χ1v) is 11.1. The van der Waals surface area contributed by atoms with Crippen molar-refractivity contribution in [3.05, 3.63) is 72.3 Å². The number of likely N-dealkylation sites (tertiary alicyclic amines) is 1. The van der Waals surface area contributed by atoms with Crippen LogP contribution >= 0.6 is 0 Å². The maximum absolute atomic E-state index is 12.2.